The van der Waals surface area contributed by atoms with Gasteiger partial charge in [0.15, 0.2) is 0 Å². The van der Waals surface area contributed by atoms with Crippen LogP contribution in [0.2, 0.25) is 0 Å². The monoisotopic (exact) mass is 310 g/mol. The first-order valence-corrected chi connectivity index (χ1v) is 7.21. The molecule has 5 heteroatoms. The maximum Gasteiger partial charge on any atom is 0.250 e. The summed E-state index contributed by atoms with van der Waals surface area (Å²) in [7, 11) is 0. The van der Waals surface area contributed by atoms with Crippen molar-refractivity contribution in [1.29, 1.82) is 0 Å². The molecule has 0 aliphatic rings. The number of hydrogen-bond donors (Lipinski definition) is 2. The second-order valence-corrected chi connectivity index (χ2v) is 4.74. The molecular weight excluding hydrogens is 292 g/mol. The maximum absolute atomic E-state index is 12.0. The molecule has 0 fully saturated rings. The van der Waals surface area contributed by atoms with Gasteiger partial charge in [0.25, 0.3) is 5.91 Å². The van der Waals surface area contributed by atoms with Crippen LogP contribution < -0.4 is 15.8 Å². The van der Waals surface area contributed by atoms with Crippen LogP contribution in [0, 0.1) is 0 Å². The second kappa shape index (κ2) is 7.79. The standard InChI is InChI=1S/C18H18N2O3/c1-2-23-14-7-5-6-13(12-14)10-11-17(21)20-16-9-4-3-8-15(16)18(19)22/h3-12H,2H2,1H3,(H2,19,22)(H,20,21). The van der Waals surface area contributed by atoms with Gasteiger partial charge in [0, 0.05) is 6.08 Å². The fourth-order valence-electron chi connectivity index (χ4n) is 2.03. The molecular formula is C18H18N2O3. The van der Waals surface area contributed by atoms with Crippen LogP contribution >= 0.6 is 0 Å². The second-order valence-electron chi connectivity index (χ2n) is 4.74. The highest BCUT2D eigenvalue weighted by Gasteiger charge is 2.08. The van der Waals surface area contributed by atoms with E-state index in [1.807, 2.05) is 31.2 Å². The number of carbonyl (C=O) groups excluding carboxylic acids is 2. The van der Waals surface area contributed by atoms with E-state index in [4.69, 9.17) is 10.5 Å². The molecule has 0 heterocycles. The predicted molar refractivity (Wildman–Crippen MR) is 90.2 cm³/mol. The van der Waals surface area contributed by atoms with Crippen molar-refractivity contribution < 1.29 is 14.3 Å². The van der Waals surface area contributed by atoms with Crippen LogP contribution in [0.4, 0.5) is 5.69 Å². The maximum atomic E-state index is 12.0. The molecule has 0 bridgehead atoms. The van der Waals surface area contributed by atoms with Gasteiger partial charge in [-0.2, -0.15) is 0 Å². The summed E-state index contributed by atoms with van der Waals surface area (Å²) in [5, 5.41) is 2.64. The van der Waals surface area contributed by atoms with Crippen LogP contribution in [0.3, 0.4) is 0 Å². The molecule has 0 aliphatic carbocycles. The largest absolute Gasteiger partial charge is 0.494 e. The SMILES string of the molecule is CCOc1cccc(C=CC(=O)Nc2ccccc2C(N)=O)c1. The summed E-state index contributed by atoms with van der Waals surface area (Å²) < 4.78 is 5.41. The Kier molecular flexibility index (Phi) is 5.52. The summed E-state index contributed by atoms with van der Waals surface area (Å²) in [4.78, 5) is 23.3. The van der Waals surface area contributed by atoms with E-state index in [2.05, 4.69) is 5.32 Å². The fourth-order valence-corrected chi connectivity index (χ4v) is 2.03. The van der Waals surface area contributed by atoms with Gasteiger partial charge < -0.3 is 15.8 Å². The van der Waals surface area contributed by atoms with Gasteiger partial charge in [0.1, 0.15) is 5.75 Å². The molecule has 0 spiro atoms. The van der Waals surface area contributed by atoms with E-state index in [0.29, 0.717) is 12.3 Å². The van der Waals surface area contributed by atoms with E-state index in [1.54, 1.807) is 30.3 Å². The minimum Gasteiger partial charge on any atom is -0.494 e. The van der Waals surface area contributed by atoms with Crippen molar-refractivity contribution in [1.82, 2.24) is 0 Å². The third kappa shape index (κ3) is 4.71. The molecule has 0 saturated carbocycles. The van der Waals surface area contributed by atoms with Crippen molar-refractivity contribution in [2.24, 2.45) is 5.73 Å². The zero-order valence-electron chi connectivity index (χ0n) is 12.8. The Morgan fingerprint density at radius 2 is 1.96 bits per heavy atom. The lowest BCUT2D eigenvalue weighted by atomic mass is 10.1. The quantitative estimate of drug-likeness (QED) is 0.805. The van der Waals surface area contributed by atoms with Gasteiger partial charge in [-0.15, -0.1) is 0 Å². The van der Waals surface area contributed by atoms with Crippen molar-refractivity contribution in [3.05, 3.63) is 65.7 Å². The molecule has 2 amide bonds. The normalized spacial score (nSPS) is 10.5. The Labute approximate surface area is 134 Å². The highest BCUT2D eigenvalue weighted by Crippen LogP contribution is 2.16. The smallest absolute Gasteiger partial charge is 0.250 e. The van der Waals surface area contributed by atoms with E-state index in [9.17, 15) is 9.59 Å². The molecule has 0 aliphatic heterocycles. The number of nitrogens with one attached hydrogen (secondary N) is 1. The fraction of sp³-hybridized carbons (Fsp3) is 0.111. The predicted octanol–water partition coefficient (Wildman–Crippen LogP) is 2.84. The topological polar surface area (TPSA) is 81.4 Å². The highest BCUT2D eigenvalue weighted by molar-refractivity contribution is 6.07. The van der Waals surface area contributed by atoms with Crippen molar-refractivity contribution >= 4 is 23.6 Å². The Balaban J connectivity index is 2.08. The number of amides is 2. The van der Waals surface area contributed by atoms with Crippen molar-refractivity contribution in [2.45, 2.75) is 6.92 Å². The van der Waals surface area contributed by atoms with Gasteiger partial charge in [0.2, 0.25) is 5.91 Å². The number of rotatable bonds is 6. The average molecular weight is 310 g/mol. The molecule has 2 rings (SSSR count). The highest BCUT2D eigenvalue weighted by atomic mass is 16.5. The molecule has 118 valence electrons. The minimum absolute atomic E-state index is 0.271. The Morgan fingerprint density at radius 3 is 2.70 bits per heavy atom. The number of ether oxygens (including phenoxy) is 1. The Bertz CT molecular complexity index is 739. The zero-order valence-corrected chi connectivity index (χ0v) is 12.8. The van der Waals surface area contributed by atoms with Crippen LogP contribution in [-0.4, -0.2) is 18.4 Å². The zero-order chi connectivity index (χ0) is 16.7. The van der Waals surface area contributed by atoms with E-state index < -0.39 is 5.91 Å². The van der Waals surface area contributed by atoms with Crippen LogP contribution in [0.15, 0.2) is 54.6 Å². The van der Waals surface area contributed by atoms with Gasteiger partial charge in [-0.25, -0.2) is 0 Å². The molecule has 0 atom stereocenters. The van der Waals surface area contributed by atoms with Gasteiger partial charge in [-0.1, -0.05) is 24.3 Å². The third-order valence-electron chi connectivity index (χ3n) is 3.05. The average Bonchev–Trinajstić information content (AvgIpc) is 2.54. The van der Waals surface area contributed by atoms with E-state index in [-0.39, 0.29) is 11.5 Å². The van der Waals surface area contributed by atoms with Gasteiger partial charge in [-0.05, 0) is 42.8 Å². The number of carbonyl (C=O) groups is 2. The molecule has 0 unspecified atom stereocenters. The lowest BCUT2D eigenvalue weighted by Crippen LogP contribution is -2.16. The number of primary amides is 1. The van der Waals surface area contributed by atoms with Crippen molar-refractivity contribution in [2.75, 3.05) is 11.9 Å². The molecule has 3 N–H and O–H groups in total. The summed E-state index contributed by atoms with van der Waals surface area (Å²) in [5.41, 5.74) is 6.78. The van der Waals surface area contributed by atoms with E-state index in [0.717, 1.165) is 11.3 Å². The van der Waals surface area contributed by atoms with Crippen molar-refractivity contribution in [3.63, 3.8) is 0 Å². The first kappa shape index (κ1) is 16.3. The summed E-state index contributed by atoms with van der Waals surface area (Å²) in [6.45, 7) is 2.49. The number of nitrogens with two attached hydrogens (primary N) is 1. The Morgan fingerprint density at radius 1 is 1.17 bits per heavy atom. The van der Waals surface area contributed by atoms with Crippen LogP contribution in [0.25, 0.3) is 6.08 Å². The Hall–Kier alpha value is -3.08. The van der Waals surface area contributed by atoms with Crippen molar-refractivity contribution in [3.8, 4) is 5.75 Å². The summed E-state index contributed by atoms with van der Waals surface area (Å²) in [6, 6.07) is 14.0. The summed E-state index contributed by atoms with van der Waals surface area (Å²) >= 11 is 0. The van der Waals surface area contributed by atoms with Gasteiger partial charge in [-0.3, -0.25) is 9.59 Å². The molecule has 0 saturated heterocycles. The lowest BCUT2D eigenvalue weighted by molar-refractivity contribution is -0.111. The molecule has 5 nitrogen and oxygen atoms in total. The van der Waals surface area contributed by atoms with Crippen LogP contribution in [-0.2, 0) is 4.79 Å². The number of benzene rings is 2. The van der Waals surface area contributed by atoms with E-state index >= 15 is 0 Å². The third-order valence-corrected chi connectivity index (χ3v) is 3.05. The summed E-state index contributed by atoms with van der Waals surface area (Å²) in [6.07, 6.45) is 3.06. The first-order chi connectivity index (χ1) is 11.1. The first-order valence-electron chi connectivity index (χ1n) is 7.21. The van der Waals surface area contributed by atoms with Crippen LogP contribution in [0.5, 0.6) is 5.75 Å². The van der Waals surface area contributed by atoms with Gasteiger partial charge in [0.05, 0.1) is 17.9 Å². The molecule has 0 radical (unpaired) electrons. The molecule has 0 aromatic heterocycles. The number of para-hydroxylation sites is 1. The number of hydrogen-bond acceptors (Lipinski definition) is 3. The number of anilines is 1. The van der Waals surface area contributed by atoms with E-state index in [1.165, 1.54) is 6.08 Å². The molecule has 2 aromatic rings. The lowest BCUT2D eigenvalue weighted by Gasteiger charge is -2.06. The minimum atomic E-state index is -0.589. The summed E-state index contributed by atoms with van der Waals surface area (Å²) in [5.74, 6) is -0.191. The molecule has 23 heavy (non-hydrogen) atoms. The van der Waals surface area contributed by atoms with Crippen LogP contribution in [0.1, 0.15) is 22.8 Å². The van der Waals surface area contributed by atoms with Gasteiger partial charge >= 0.3 is 0 Å². The molecule has 2 aromatic carbocycles.